The first kappa shape index (κ1) is 24.2. The van der Waals surface area contributed by atoms with Gasteiger partial charge in [0.25, 0.3) is 10.0 Å². The van der Waals surface area contributed by atoms with Crippen LogP contribution in [0.25, 0.3) is 0 Å². The van der Waals surface area contributed by atoms with Crippen LogP contribution < -0.4 is 9.62 Å². The number of benzene rings is 2. The Morgan fingerprint density at radius 1 is 1.06 bits per heavy atom. The van der Waals surface area contributed by atoms with Crippen molar-refractivity contribution in [3.05, 3.63) is 59.7 Å². The number of carbonyl (C=O) groups excluding carboxylic acids is 1. The Hall–Kier alpha value is -2.91. The molecule has 2 heterocycles. The first-order valence-corrected chi connectivity index (χ1v) is 13.3. The SMILES string of the molecule is CN(Cc1ccccc1N1CCOCC1)C(=O)CCCCCN=C1NS(=O)(=O)c2ccccc21. The van der Waals surface area contributed by atoms with Crippen LogP contribution in [0.2, 0.25) is 0 Å². The van der Waals surface area contributed by atoms with Crippen LogP contribution in [0.3, 0.4) is 0 Å². The highest BCUT2D eigenvalue weighted by Gasteiger charge is 2.29. The molecule has 2 aliphatic heterocycles. The molecule has 9 heteroatoms. The summed E-state index contributed by atoms with van der Waals surface area (Å²) in [4.78, 5) is 21.5. The molecule has 4 rings (SSSR count). The molecule has 0 aromatic heterocycles. The smallest absolute Gasteiger partial charge is 0.263 e. The third-order valence-electron chi connectivity index (χ3n) is 6.16. The zero-order chi connectivity index (χ0) is 24.0. The maximum atomic E-state index is 12.7. The summed E-state index contributed by atoms with van der Waals surface area (Å²) in [6.45, 7) is 4.29. The van der Waals surface area contributed by atoms with Crippen LogP contribution in [0.4, 0.5) is 5.69 Å². The zero-order valence-electron chi connectivity index (χ0n) is 19.6. The molecule has 8 nitrogen and oxygen atoms in total. The maximum Gasteiger partial charge on any atom is 0.263 e. The van der Waals surface area contributed by atoms with Gasteiger partial charge in [-0.15, -0.1) is 0 Å². The minimum absolute atomic E-state index is 0.126. The number of ether oxygens (including phenoxy) is 1. The van der Waals surface area contributed by atoms with E-state index in [9.17, 15) is 13.2 Å². The van der Waals surface area contributed by atoms with E-state index in [0.717, 1.165) is 51.1 Å². The number of hydrogen-bond donors (Lipinski definition) is 1. The Morgan fingerprint density at radius 3 is 2.62 bits per heavy atom. The minimum Gasteiger partial charge on any atom is -0.378 e. The van der Waals surface area contributed by atoms with Crippen LogP contribution in [0, 0.1) is 0 Å². The molecule has 1 N–H and O–H groups in total. The summed E-state index contributed by atoms with van der Waals surface area (Å²) in [5, 5.41) is 0. The van der Waals surface area contributed by atoms with E-state index in [1.54, 1.807) is 29.2 Å². The molecular formula is C25H32N4O4S. The van der Waals surface area contributed by atoms with Gasteiger partial charge in [0.2, 0.25) is 5.91 Å². The van der Waals surface area contributed by atoms with E-state index in [1.165, 1.54) is 5.69 Å². The molecule has 0 spiro atoms. The van der Waals surface area contributed by atoms with Gasteiger partial charge in [-0.05, 0) is 36.6 Å². The van der Waals surface area contributed by atoms with Gasteiger partial charge in [-0.1, -0.05) is 36.8 Å². The molecule has 1 amide bonds. The highest BCUT2D eigenvalue weighted by molar-refractivity contribution is 7.90. The molecule has 0 saturated carbocycles. The number of amides is 1. The van der Waals surface area contributed by atoms with E-state index >= 15 is 0 Å². The number of anilines is 1. The van der Waals surface area contributed by atoms with Crippen molar-refractivity contribution in [3.8, 4) is 0 Å². The highest BCUT2D eigenvalue weighted by Crippen LogP contribution is 2.24. The fraction of sp³-hybridized carbons (Fsp3) is 0.440. The predicted octanol–water partition coefficient (Wildman–Crippen LogP) is 2.78. The van der Waals surface area contributed by atoms with E-state index in [0.29, 0.717) is 30.9 Å². The van der Waals surface area contributed by atoms with Gasteiger partial charge in [0.15, 0.2) is 0 Å². The third-order valence-corrected chi connectivity index (χ3v) is 7.56. The normalized spacial score (nSPS) is 17.9. The van der Waals surface area contributed by atoms with Gasteiger partial charge in [0, 0.05) is 50.9 Å². The number of carbonyl (C=O) groups is 1. The maximum absolute atomic E-state index is 12.7. The van der Waals surface area contributed by atoms with Crippen molar-refractivity contribution in [2.24, 2.45) is 4.99 Å². The Morgan fingerprint density at radius 2 is 1.79 bits per heavy atom. The molecule has 0 bridgehead atoms. The van der Waals surface area contributed by atoms with Gasteiger partial charge in [-0.3, -0.25) is 14.5 Å². The first-order chi connectivity index (χ1) is 16.5. The summed E-state index contributed by atoms with van der Waals surface area (Å²) in [6, 6.07) is 15.1. The molecule has 1 saturated heterocycles. The van der Waals surface area contributed by atoms with Gasteiger partial charge >= 0.3 is 0 Å². The predicted molar refractivity (Wildman–Crippen MR) is 133 cm³/mol. The fourth-order valence-corrected chi connectivity index (χ4v) is 5.55. The molecule has 0 unspecified atom stereocenters. The van der Waals surface area contributed by atoms with Crippen LogP contribution in [-0.4, -0.2) is 65.0 Å². The molecular weight excluding hydrogens is 452 g/mol. The summed E-state index contributed by atoms with van der Waals surface area (Å²) in [7, 11) is -1.64. The Labute approximate surface area is 201 Å². The first-order valence-electron chi connectivity index (χ1n) is 11.8. The minimum atomic E-state index is -3.50. The molecule has 2 aliphatic rings. The fourth-order valence-electron chi connectivity index (χ4n) is 4.30. The number of nitrogens with zero attached hydrogens (tertiary/aromatic N) is 3. The number of fused-ring (bicyclic) bond motifs is 1. The van der Waals surface area contributed by atoms with Crippen LogP contribution in [0.15, 0.2) is 58.4 Å². The topological polar surface area (TPSA) is 91.3 Å². The van der Waals surface area contributed by atoms with Crippen LogP contribution >= 0.6 is 0 Å². The molecule has 2 aromatic rings. The summed E-state index contributed by atoms with van der Waals surface area (Å²) < 4.78 is 32.3. The Kier molecular flexibility index (Phi) is 7.84. The quantitative estimate of drug-likeness (QED) is 0.553. The molecule has 0 radical (unpaired) electrons. The number of hydrogen-bond acceptors (Lipinski definition) is 6. The second-order valence-electron chi connectivity index (χ2n) is 8.62. The van der Waals surface area contributed by atoms with Crippen molar-refractivity contribution in [1.29, 1.82) is 0 Å². The zero-order valence-corrected chi connectivity index (χ0v) is 20.4. The van der Waals surface area contributed by atoms with Crippen molar-refractivity contribution < 1.29 is 17.9 Å². The van der Waals surface area contributed by atoms with Crippen LogP contribution in [-0.2, 0) is 26.1 Å². The molecule has 2 aromatic carbocycles. The van der Waals surface area contributed by atoms with Crippen molar-refractivity contribution in [2.75, 3.05) is 44.8 Å². The van der Waals surface area contributed by atoms with E-state index in [4.69, 9.17) is 4.74 Å². The molecule has 182 valence electrons. The number of unbranched alkanes of at least 4 members (excludes halogenated alkanes) is 2. The van der Waals surface area contributed by atoms with E-state index in [-0.39, 0.29) is 10.8 Å². The van der Waals surface area contributed by atoms with Crippen molar-refractivity contribution in [2.45, 2.75) is 37.1 Å². The Balaban J connectivity index is 1.21. The average Bonchev–Trinajstić information content (AvgIpc) is 3.12. The number of aliphatic imine (C=N–C) groups is 1. The van der Waals surface area contributed by atoms with Gasteiger partial charge in [-0.2, -0.15) is 0 Å². The van der Waals surface area contributed by atoms with Crippen LogP contribution in [0.1, 0.15) is 36.8 Å². The van der Waals surface area contributed by atoms with Crippen molar-refractivity contribution in [1.82, 2.24) is 9.62 Å². The summed E-state index contributed by atoms with van der Waals surface area (Å²) in [6.07, 6.45) is 2.92. The molecule has 0 aliphatic carbocycles. The lowest BCUT2D eigenvalue weighted by molar-refractivity contribution is -0.130. The number of rotatable bonds is 9. The largest absolute Gasteiger partial charge is 0.378 e. The summed E-state index contributed by atoms with van der Waals surface area (Å²) in [5.41, 5.74) is 2.95. The monoisotopic (exact) mass is 484 g/mol. The lowest BCUT2D eigenvalue weighted by atomic mass is 10.1. The van der Waals surface area contributed by atoms with Crippen molar-refractivity contribution in [3.63, 3.8) is 0 Å². The molecule has 1 fully saturated rings. The summed E-state index contributed by atoms with van der Waals surface area (Å²) in [5.74, 6) is 0.533. The number of amidine groups is 1. The van der Waals surface area contributed by atoms with E-state index in [2.05, 4.69) is 26.7 Å². The van der Waals surface area contributed by atoms with Crippen molar-refractivity contribution >= 4 is 27.5 Å². The standard InChI is InChI=1S/C25H32N4O4S/c1-28(19-20-9-4-6-11-22(20)29-15-17-33-18-16-29)24(30)13-3-2-8-14-26-25-21-10-5-7-12-23(21)34(31,32)27-25/h4-7,9-12H,2-3,8,13-19H2,1H3,(H,26,27). The number of nitrogens with one attached hydrogen (secondary N) is 1. The Bertz CT molecular complexity index is 1140. The third kappa shape index (κ3) is 5.77. The number of sulfonamides is 1. The second kappa shape index (κ2) is 11.0. The highest BCUT2D eigenvalue weighted by atomic mass is 32.2. The van der Waals surface area contributed by atoms with Gasteiger partial charge in [0.1, 0.15) is 5.84 Å². The molecule has 34 heavy (non-hydrogen) atoms. The van der Waals surface area contributed by atoms with Gasteiger partial charge in [0.05, 0.1) is 18.1 Å². The van der Waals surface area contributed by atoms with Crippen LogP contribution in [0.5, 0.6) is 0 Å². The van der Waals surface area contributed by atoms with Gasteiger partial charge < -0.3 is 14.5 Å². The van der Waals surface area contributed by atoms with E-state index in [1.807, 2.05) is 19.2 Å². The number of morpholine rings is 1. The second-order valence-corrected chi connectivity index (χ2v) is 10.3. The lowest BCUT2D eigenvalue weighted by Crippen LogP contribution is -2.37. The summed E-state index contributed by atoms with van der Waals surface area (Å²) >= 11 is 0. The number of para-hydroxylation sites is 1. The lowest BCUT2D eigenvalue weighted by Gasteiger charge is -2.31. The van der Waals surface area contributed by atoms with E-state index < -0.39 is 10.0 Å². The van der Waals surface area contributed by atoms with Gasteiger partial charge in [-0.25, -0.2) is 8.42 Å². The molecule has 0 atom stereocenters. The average molecular weight is 485 g/mol.